The summed E-state index contributed by atoms with van der Waals surface area (Å²) >= 11 is 0. The minimum atomic E-state index is -0.323. The average Bonchev–Trinajstić information content (AvgIpc) is 2.78. The van der Waals surface area contributed by atoms with Gasteiger partial charge >= 0.3 is 0 Å². The summed E-state index contributed by atoms with van der Waals surface area (Å²) in [6.07, 6.45) is 6.44. The van der Waals surface area contributed by atoms with Crippen molar-refractivity contribution in [2.45, 2.75) is 13.3 Å². The molecule has 1 aliphatic rings. The van der Waals surface area contributed by atoms with E-state index in [4.69, 9.17) is 4.99 Å². The molecule has 6 heteroatoms. The highest BCUT2D eigenvalue weighted by Crippen LogP contribution is 2.31. The van der Waals surface area contributed by atoms with Gasteiger partial charge in [-0.05, 0) is 36.8 Å². The van der Waals surface area contributed by atoms with Gasteiger partial charge in [-0.2, -0.15) is 0 Å². The van der Waals surface area contributed by atoms with Crippen LogP contribution in [0.3, 0.4) is 0 Å². The standard InChI is InChI=1S/C25H24FN5/c1-4-11-27-14-17(2)23-15-31(3)16-24(29-23)20-13-22(19-8-5-6-10-21(19)26)30-25-18(20)9-7-12-28-25/h5-10,12-14,16H,2,4,11,15H2,1,3H3. The second-order valence-electron chi connectivity index (χ2n) is 7.46. The molecule has 2 aromatic heterocycles. The number of hydrogen-bond donors (Lipinski definition) is 0. The molecule has 0 amide bonds. The predicted octanol–water partition coefficient (Wildman–Crippen LogP) is 5.16. The van der Waals surface area contributed by atoms with Gasteiger partial charge in [0.2, 0.25) is 0 Å². The van der Waals surface area contributed by atoms with E-state index < -0.39 is 0 Å². The molecule has 0 N–H and O–H groups in total. The molecule has 1 aromatic carbocycles. The lowest BCUT2D eigenvalue weighted by atomic mass is 10.0. The minimum Gasteiger partial charge on any atom is -0.373 e. The zero-order valence-corrected chi connectivity index (χ0v) is 17.7. The van der Waals surface area contributed by atoms with E-state index in [9.17, 15) is 4.39 Å². The highest BCUT2D eigenvalue weighted by Gasteiger charge is 2.18. The fourth-order valence-electron chi connectivity index (χ4n) is 3.46. The van der Waals surface area contributed by atoms with Gasteiger partial charge in [0, 0.05) is 54.3 Å². The van der Waals surface area contributed by atoms with Crippen molar-refractivity contribution in [2.75, 3.05) is 20.1 Å². The van der Waals surface area contributed by atoms with Crippen molar-refractivity contribution in [3.05, 3.63) is 78.4 Å². The minimum absolute atomic E-state index is 0.323. The summed E-state index contributed by atoms with van der Waals surface area (Å²) in [5.41, 5.74) is 4.74. The number of fused-ring (bicyclic) bond motifs is 1. The average molecular weight is 414 g/mol. The van der Waals surface area contributed by atoms with Gasteiger partial charge in [0.15, 0.2) is 5.65 Å². The SMILES string of the molecule is C=C(C=NCCC)C1=NC(c2cc(-c3ccccc3F)nc3ncccc23)=CN(C)C1. The van der Waals surface area contributed by atoms with Crippen LogP contribution in [-0.4, -0.2) is 46.9 Å². The maximum absolute atomic E-state index is 14.5. The Bertz CT molecular complexity index is 1230. The molecule has 1 aliphatic heterocycles. The van der Waals surface area contributed by atoms with E-state index in [0.717, 1.165) is 40.9 Å². The van der Waals surface area contributed by atoms with E-state index >= 15 is 0 Å². The predicted molar refractivity (Wildman–Crippen MR) is 126 cm³/mol. The van der Waals surface area contributed by atoms with Crippen LogP contribution in [-0.2, 0) is 0 Å². The molecule has 0 aliphatic carbocycles. The number of rotatable bonds is 6. The lowest BCUT2D eigenvalue weighted by Gasteiger charge is -2.23. The molecule has 156 valence electrons. The summed E-state index contributed by atoms with van der Waals surface area (Å²) in [7, 11) is 1.99. The van der Waals surface area contributed by atoms with Crippen LogP contribution in [0.15, 0.2) is 77.0 Å². The van der Waals surface area contributed by atoms with E-state index in [-0.39, 0.29) is 5.82 Å². The Balaban J connectivity index is 1.84. The molecule has 5 nitrogen and oxygen atoms in total. The van der Waals surface area contributed by atoms with Gasteiger partial charge in [-0.1, -0.05) is 25.6 Å². The molecule has 0 unspecified atom stereocenters. The van der Waals surface area contributed by atoms with Gasteiger partial charge in [-0.15, -0.1) is 0 Å². The molecule has 0 atom stereocenters. The Kier molecular flexibility index (Phi) is 5.98. The fourth-order valence-corrected chi connectivity index (χ4v) is 3.46. The van der Waals surface area contributed by atoms with Gasteiger partial charge in [0.1, 0.15) is 5.82 Å². The first-order valence-corrected chi connectivity index (χ1v) is 10.3. The van der Waals surface area contributed by atoms with Gasteiger partial charge in [-0.25, -0.2) is 19.4 Å². The number of halogens is 1. The number of pyridine rings is 2. The van der Waals surface area contributed by atoms with Crippen LogP contribution in [0.2, 0.25) is 0 Å². The van der Waals surface area contributed by atoms with Crippen molar-refractivity contribution < 1.29 is 4.39 Å². The molecular weight excluding hydrogens is 389 g/mol. The number of aliphatic imine (C=N–C) groups is 2. The molecule has 3 heterocycles. The van der Waals surface area contributed by atoms with Crippen LogP contribution >= 0.6 is 0 Å². The molecule has 0 saturated carbocycles. The van der Waals surface area contributed by atoms with Crippen molar-refractivity contribution in [3.8, 4) is 11.3 Å². The first kappa shape index (κ1) is 20.6. The van der Waals surface area contributed by atoms with E-state index in [1.54, 1.807) is 30.6 Å². The second-order valence-corrected chi connectivity index (χ2v) is 7.46. The van der Waals surface area contributed by atoms with Crippen molar-refractivity contribution >= 4 is 28.7 Å². The number of benzene rings is 1. The van der Waals surface area contributed by atoms with Crippen LogP contribution in [0.1, 0.15) is 18.9 Å². The van der Waals surface area contributed by atoms with Crippen LogP contribution in [0.5, 0.6) is 0 Å². The zero-order chi connectivity index (χ0) is 21.8. The van der Waals surface area contributed by atoms with Crippen molar-refractivity contribution in [1.82, 2.24) is 14.9 Å². The van der Waals surface area contributed by atoms with Crippen molar-refractivity contribution in [2.24, 2.45) is 9.98 Å². The Morgan fingerprint density at radius 2 is 2.06 bits per heavy atom. The smallest absolute Gasteiger partial charge is 0.160 e. The molecule has 0 saturated heterocycles. The number of aromatic nitrogens is 2. The van der Waals surface area contributed by atoms with Crippen molar-refractivity contribution in [3.63, 3.8) is 0 Å². The van der Waals surface area contributed by atoms with Crippen molar-refractivity contribution in [1.29, 1.82) is 0 Å². The monoisotopic (exact) mass is 413 g/mol. The van der Waals surface area contributed by atoms with Gasteiger partial charge in [0.25, 0.3) is 0 Å². The molecule has 0 spiro atoms. The molecule has 0 fully saturated rings. The summed E-state index contributed by atoms with van der Waals surface area (Å²) < 4.78 is 14.5. The van der Waals surface area contributed by atoms with Crippen LogP contribution < -0.4 is 0 Å². The molecular formula is C25H24FN5. The normalized spacial score (nSPS) is 14.1. The largest absolute Gasteiger partial charge is 0.373 e. The zero-order valence-electron chi connectivity index (χ0n) is 17.7. The highest BCUT2D eigenvalue weighted by atomic mass is 19.1. The molecule has 31 heavy (non-hydrogen) atoms. The first-order valence-electron chi connectivity index (χ1n) is 10.3. The Hall–Kier alpha value is -3.67. The lowest BCUT2D eigenvalue weighted by Crippen LogP contribution is -2.26. The quantitative estimate of drug-likeness (QED) is 0.525. The van der Waals surface area contributed by atoms with E-state index in [1.165, 1.54) is 6.07 Å². The molecule has 3 aromatic rings. The summed E-state index contributed by atoms with van der Waals surface area (Å²) in [6.45, 7) is 7.63. The maximum Gasteiger partial charge on any atom is 0.160 e. The Morgan fingerprint density at radius 3 is 2.87 bits per heavy atom. The Morgan fingerprint density at radius 1 is 1.23 bits per heavy atom. The van der Waals surface area contributed by atoms with Crippen LogP contribution in [0, 0.1) is 5.82 Å². The summed E-state index contributed by atoms with van der Waals surface area (Å²) in [4.78, 5) is 20.4. The van der Waals surface area contributed by atoms with Gasteiger partial charge < -0.3 is 4.90 Å². The first-order chi connectivity index (χ1) is 15.1. The molecule has 0 bridgehead atoms. The maximum atomic E-state index is 14.5. The van der Waals surface area contributed by atoms with Gasteiger partial charge in [0.05, 0.1) is 23.6 Å². The topological polar surface area (TPSA) is 53.7 Å². The Labute approximate surface area is 181 Å². The summed E-state index contributed by atoms with van der Waals surface area (Å²) in [6, 6.07) is 12.3. The third kappa shape index (κ3) is 4.43. The third-order valence-electron chi connectivity index (χ3n) is 4.98. The van der Waals surface area contributed by atoms with Crippen LogP contribution in [0.4, 0.5) is 4.39 Å². The summed E-state index contributed by atoms with van der Waals surface area (Å²) in [5, 5.41) is 0.859. The van der Waals surface area contributed by atoms with Gasteiger partial charge in [-0.3, -0.25) is 4.99 Å². The number of nitrogens with zero attached hydrogens (tertiary/aromatic N) is 5. The number of hydrogen-bond acceptors (Lipinski definition) is 5. The molecule has 0 radical (unpaired) electrons. The van der Waals surface area contributed by atoms with E-state index in [0.29, 0.717) is 23.4 Å². The third-order valence-corrected chi connectivity index (χ3v) is 4.98. The molecule has 4 rings (SSSR count). The highest BCUT2D eigenvalue weighted by molar-refractivity contribution is 6.18. The summed E-state index contributed by atoms with van der Waals surface area (Å²) in [5.74, 6) is -0.323. The van der Waals surface area contributed by atoms with Crippen LogP contribution in [0.25, 0.3) is 28.0 Å². The second kappa shape index (κ2) is 9.00. The lowest BCUT2D eigenvalue weighted by molar-refractivity contribution is 0.520. The van der Waals surface area contributed by atoms with E-state index in [2.05, 4.69) is 33.4 Å². The van der Waals surface area contributed by atoms with E-state index in [1.807, 2.05) is 31.4 Å². The fraction of sp³-hybridized carbons (Fsp3) is 0.200.